The fourth-order valence-corrected chi connectivity index (χ4v) is 3.32. The molecule has 0 aliphatic heterocycles. The van der Waals surface area contributed by atoms with Crippen molar-refractivity contribution in [3.63, 3.8) is 0 Å². The molecule has 0 aromatic carbocycles. The molecule has 13 heavy (non-hydrogen) atoms. The third-order valence-corrected chi connectivity index (χ3v) is 4.14. The van der Waals surface area contributed by atoms with Gasteiger partial charge in [-0.05, 0) is 36.5 Å². The molecule has 0 aromatic heterocycles. The second-order valence-corrected chi connectivity index (χ2v) is 5.08. The van der Waals surface area contributed by atoms with E-state index in [0.29, 0.717) is 0 Å². The first-order valence-corrected chi connectivity index (χ1v) is 6.20. The minimum Gasteiger partial charge on any atom is -0.0651 e. The molecule has 0 heterocycles. The van der Waals surface area contributed by atoms with Crippen LogP contribution in [0.1, 0.15) is 59.8 Å². The van der Waals surface area contributed by atoms with Gasteiger partial charge in [0.05, 0.1) is 0 Å². The topological polar surface area (TPSA) is 0 Å². The van der Waals surface area contributed by atoms with Crippen LogP contribution in [0.5, 0.6) is 0 Å². The number of rotatable bonds is 4. The van der Waals surface area contributed by atoms with Gasteiger partial charge in [0.2, 0.25) is 0 Å². The Morgan fingerprint density at radius 1 is 1.00 bits per heavy atom. The quantitative estimate of drug-likeness (QED) is 0.600. The largest absolute Gasteiger partial charge is 0.0651 e. The second kappa shape index (κ2) is 5.02. The van der Waals surface area contributed by atoms with Gasteiger partial charge >= 0.3 is 0 Å². The molecule has 2 unspecified atom stereocenters. The van der Waals surface area contributed by atoms with E-state index in [9.17, 15) is 0 Å². The molecule has 0 nitrogen and oxygen atoms in total. The van der Waals surface area contributed by atoms with Gasteiger partial charge < -0.3 is 0 Å². The van der Waals surface area contributed by atoms with Crippen molar-refractivity contribution in [1.29, 1.82) is 0 Å². The Morgan fingerprint density at radius 3 is 2.00 bits per heavy atom. The molecule has 0 heteroatoms. The minimum absolute atomic E-state index is 0.910. The second-order valence-electron chi connectivity index (χ2n) is 5.08. The predicted octanol–water partition coefficient (Wildman–Crippen LogP) is 4.49. The molecule has 1 saturated carbocycles. The monoisotopic (exact) mass is 182 g/mol. The van der Waals surface area contributed by atoms with Crippen LogP contribution in [0.15, 0.2) is 0 Å². The van der Waals surface area contributed by atoms with Crippen LogP contribution in [0.4, 0.5) is 0 Å². The van der Waals surface area contributed by atoms with Gasteiger partial charge in [0.15, 0.2) is 0 Å². The summed E-state index contributed by atoms with van der Waals surface area (Å²) in [5.74, 6) is 4.00. The summed E-state index contributed by atoms with van der Waals surface area (Å²) in [7, 11) is 0. The SMILES string of the molecule is CCC(CC)C1CCCC1C(C)C. The highest BCUT2D eigenvalue weighted by Gasteiger charge is 2.33. The highest BCUT2D eigenvalue weighted by atomic mass is 14.4. The molecule has 0 N–H and O–H groups in total. The lowest BCUT2D eigenvalue weighted by Crippen LogP contribution is -2.21. The van der Waals surface area contributed by atoms with E-state index in [1.165, 1.54) is 32.1 Å². The maximum atomic E-state index is 2.41. The third-order valence-electron chi connectivity index (χ3n) is 4.14. The van der Waals surface area contributed by atoms with E-state index in [1.54, 1.807) is 0 Å². The molecule has 0 saturated heterocycles. The lowest BCUT2D eigenvalue weighted by molar-refractivity contribution is 0.201. The van der Waals surface area contributed by atoms with Crippen molar-refractivity contribution in [2.24, 2.45) is 23.7 Å². The third kappa shape index (κ3) is 2.48. The van der Waals surface area contributed by atoms with Gasteiger partial charge in [0.25, 0.3) is 0 Å². The van der Waals surface area contributed by atoms with Gasteiger partial charge in [-0.3, -0.25) is 0 Å². The summed E-state index contributed by atoms with van der Waals surface area (Å²) in [6.45, 7) is 9.55. The number of hydrogen-bond donors (Lipinski definition) is 0. The van der Waals surface area contributed by atoms with Crippen molar-refractivity contribution < 1.29 is 0 Å². The summed E-state index contributed by atoms with van der Waals surface area (Å²) in [6, 6.07) is 0. The molecular formula is C13H26. The highest BCUT2D eigenvalue weighted by molar-refractivity contribution is 4.83. The van der Waals surface area contributed by atoms with Crippen molar-refractivity contribution in [2.75, 3.05) is 0 Å². The van der Waals surface area contributed by atoms with Crippen LogP contribution in [0.25, 0.3) is 0 Å². The summed E-state index contributed by atoms with van der Waals surface area (Å²) in [5, 5.41) is 0. The molecule has 1 rings (SSSR count). The zero-order chi connectivity index (χ0) is 9.84. The Kier molecular flexibility index (Phi) is 4.28. The van der Waals surface area contributed by atoms with Crippen LogP contribution in [-0.4, -0.2) is 0 Å². The van der Waals surface area contributed by atoms with Crippen LogP contribution < -0.4 is 0 Å². The lowest BCUT2D eigenvalue weighted by atomic mass is 9.76. The van der Waals surface area contributed by atoms with E-state index >= 15 is 0 Å². The first-order chi connectivity index (χ1) is 6.20. The summed E-state index contributed by atoms with van der Waals surface area (Å²) >= 11 is 0. The predicted molar refractivity (Wildman–Crippen MR) is 59.7 cm³/mol. The molecule has 1 aliphatic rings. The average molecular weight is 182 g/mol. The zero-order valence-electron chi connectivity index (χ0n) is 9.84. The Bertz CT molecular complexity index is 133. The van der Waals surface area contributed by atoms with Gasteiger partial charge in [0, 0.05) is 0 Å². The van der Waals surface area contributed by atoms with Crippen molar-refractivity contribution in [2.45, 2.75) is 59.8 Å². The number of hydrogen-bond acceptors (Lipinski definition) is 0. The standard InChI is InChI=1S/C13H26/c1-5-11(6-2)13-9-7-8-12(13)10(3)4/h10-13H,5-9H2,1-4H3. The summed E-state index contributed by atoms with van der Waals surface area (Å²) in [6.07, 6.45) is 7.28. The highest BCUT2D eigenvalue weighted by Crippen LogP contribution is 2.43. The fraction of sp³-hybridized carbons (Fsp3) is 1.00. The van der Waals surface area contributed by atoms with Crippen molar-refractivity contribution in [3.8, 4) is 0 Å². The van der Waals surface area contributed by atoms with E-state index in [-0.39, 0.29) is 0 Å². The smallest absolute Gasteiger partial charge is 0.0355 e. The molecular weight excluding hydrogens is 156 g/mol. The normalized spacial score (nSPS) is 29.1. The van der Waals surface area contributed by atoms with Crippen LogP contribution in [0.2, 0.25) is 0 Å². The first-order valence-electron chi connectivity index (χ1n) is 6.20. The summed E-state index contributed by atoms with van der Waals surface area (Å²) in [4.78, 5) is 0. The Labute approximate surface area is 84.1 Å². The van der Waals surface area contributed by atoms with E-state index in [4.69, 9.17) is 0 Å². The van der Waals surface area contributed by atoms with Crippen LogP contribution in [0, 0.1) is 23.7 Å². The fourth-order valence-electron chi connectivity index (χ4n) is 3.32. The van der Waals surface area contributed by atoms with Gasteiger partial charge in [-0.1, -0.05) is 47.0 Å². The molecule has 1 aliphatic carbocycles. The molecule has 0 radical (unpaired) electrons. The van der Waals surface area contributed by atoms with Gasteiger partial charge in [-0.25, -0.2) is 0 Å². The molecule has 1 fully saturated rings. The Morgan fingerprint density at radius 2 is 1.54 bits per heavy atom. The average Bonchev–Trinajstić information content (AvgIpc) is 2.55. The van der Waals surface area contributed by atoms with Gasteiger partial charge in [-0.2, -0.15) is 0 Å². The van der Waals surface area contributed by atoms with E-state index in [2.05, 4.69) is 27.7 Å². The van der Waals surface area contributed by atoms with Crippen LogP contribution >= 0.6 is 0 Å². The molecule has 0 bridgehead atoms. The molecule has 0 spiro atoms. The first kappa shape index (κ1) is 11.1. The Hall–Kier alpha value is 0. The van der Waals surface area contributed by atoms with Crippen molar-refractivity contribution in [1.82, 2.24) is 0 Å². The minimum atomic E-state index is 0.910. The maximum absolute atomic E-state index is 2.41. The zero-order valence-corrected chi connectivity index (χ0v) is 9.84. The van der Waals surface area contributed by atoms with Crippen molar-refractivity contribution >= 4 is 0 Å². The van der Waals surface area contributed by atoms with E-state index in [0.717, 1.165) is 23.7 Å². The van der Waals surface area contributed by atoms with Crippen molar-refractivity contribution in [3.05, 3.63) is 0 Å². The van der Waals surface area contributed by atoms with Gasteiger partial charge in [-0.15, -0.1) is 0 Å². The summed E-state index contributed by atoms with van der Waals surface area (Å²) in [5.41, 5.74) is 0. The molecule has 2 atom stereocenters. The summed E-state index contributed by atoms with van der Waals surface area (Å²) < 4.78 is 0. The lowest BCUT2D eigenvalue weighted by Gasteiger charge is -2.29. The maximum Gasteiger partial charge on any atom is -0.0355 e. The molecule has 0 aromatic rings. The van der Waals surface area contributed by atoms with Crippen LogP contribution in [-0.2, 0) is 0 Å². The molecule has 0 amide bonds. The Balaban J connectivity index is 2.55. The van der Waals surface area contributed by atoms with Gasteiger partial charge in [0.1, 0.15) is 0 Å². The van der Waals surface area contributed by atoms with E-state index < -0.39 is 0 Å². The van der Waals surface area contributed by atoms with E-state index in [1.807, 2.05) is 0 Å². The van der Waals surface area contributed by atoms with Crippen LogP contribution in [0.3, 0.4) is 0 Å². The molecule has 78 valence electrons.